The van der Waals surface area contributed by atoms with Crippen LogP contribution in [0.3, 0.4) is 0 Å². The van der Waals surface area contributed by atoms with Crippen molar-refractivity contribution in [2.75, 3.05) is 0 Å². The van der Waals surface area contributed by atoms with Gasteiger partial charge < -0.3 is 0 Å². The van der Waals surface area contributed by atoms with Gasteiger partial charge in [0.05, 0.1) is 0 Å². The van der Waals surface area contributed by atoms with Crippen LogP contribution in [0.15, 0.2) is 0 Å². The van der Waals surface area contributed by atoms with E-state index in [1.54, 1.807) is 0 Å². The van der Waals surface area contributed by atoms with Crippen LogP contribution in [0.25, 0.3) is 0 Å². The molecule has 0 nitrogen and oxygen atoms in total. The molecule has 0 aromatic heterocycles. The molecular weight excluding hydrogens is 276 g/mol. The van der Waals surface area contributed by atoms with E-state index < -0.39 is 0 Å². The summed E-state index contributed by atoms with van der Waals surface area (Å²) in [6.45, 7) is 17.0. The second kappa shape index (κ2) is 13.3. The molecule has 0 fully saturated rings. The summed E-state index contributed by atoms with van der Waals surface area (Å²) in [5.41, 5.74) is 0.528. The summed E-state index contributed by atoms with van der Waals surface area (Å²) in [5.74, 6) is 2.76. The first-order valence-electron chi connectivity index (χ1n) is 10.9. The molecule has 0 saturated carbocycles. The maximum atomic E-state index is 2.54. The van der Waals surface area contributed by atoms with Gasteiger partial charge in [0.25, 0.3) is 0 Å². The molecule has 3 atom stereocenters. The molecule has 3 unspecified atom stereocenters. The Morgan fingerprint density at radius 2 is 1.26 bits per heavy atom. The Morgan fingerprint density at radius 3 is 1.83 bits per heavy atom. The SMILES string of the molecule is CCCCC(CCCCCC(C)CCC)C(C)(C)CC(C)CC. The van der Waals surface area contributed by atoms with Gasteiger partial charge in [-0.25, -0.2) is 0 Å². The number of hydrogen-bond acceptors (Lipinski definition) is 0. The Hall–Kier alpha value is 0. The quantitative estimate of drug-likeness (QED) is 0.264. The zero-order valence-electron chi connectivity index (χ0n) is 17.7. The van der Waals surface area contributed by atoms with E-state index in [1.165, 1.54) is 77.0 Å². The van der Waals surface area contributed by atoms with E-state index in [2.05, 4.69) is 48.5 Å². The summed E-state index contributed by atoms with van der Waals surface area (Å²) >= 11 is 0. The first kappa shape index (κ1) is 23.0. The fourth-order valence-electron chi connectivity index (χ4n) is 4.28. The summed E-state index contributed by atoms with van der Waals surface area (Å²) in [5, 5.41) is 0. The van der Waals surface area contributed by atoms with Gasteiger partial charge in [-0.2, -0.15) is 0 Å². The van der Waals surface area contributed by atoms with Gasteiger partial charge in [0.1, 0.15) is 0 Å². The van der Waals surface area contributed by atoms with Gasteiger partial charge in [-0.15, -0.1) is 0 Å². The van der Waals surface area contributed by atoms with E-state index in [0.717, 1.165) is 17.8 Å². The van der Waals surface area contributed by atoms with Crippen molar-refractivity contribution in [3.63, 3.8) is 0 Å². The predicted octanol–water partition coefficient (Wildman–Crippen LogP) is 8.64. The second-order valence-electron chi connectivity index (χ2n) is 9.08. The van der Waals surface area contributed by atoms with Crippen LogP contribution in [0.4, 0.5) is 0 Å². The number of hydrogen-bond donors (Lipinski definition) is 0. The van der Waals surface area contributed by atoms with Crippen LogP contribution in [-0.2, 0) is 0 Å². The Bertz CT molecular complexity index is 253. The van der Waals surface area contributed by atoms with E-state index in [9.17, 15) is 0 Å². The van der Waals surface area contributed by atoms with Crippen LogP contribution >= 0.6 is 0 Å². The fraction of sp³-hybridized carbons (Fsp3) is 1.00. The molecule has 0 amide bonds. The summed E-state index contributed by atoms with van der Waals surface area (Å²) in [7, 11) is 0. The molecule has 0 aliphatic rings. The third-order valence-electron chi connectivity index (χ3n) is 6.11. The smallest absolute Gasteiger partial charge is 0.0323 e. The average molecular weight is 325 g/mol. The zero-order valence-corrected chi connectivity index (χ0v) is 17.7. The molecule has 0 bridgehead atoms. The van der Waals surface area contributed by atoms with Gasteiger partial charge in [0, 0.05) is 0 Å². The number of unbranched alkanes of at least 4 members (excludes halogenated alkanes) is 3. The molecule has 0 heterocycles. The van der Waals surface area contributed by atoms with Crippen molar-refractivity contribution >= 4 is 0 Å². The van der Waals surface area contributed by atoms with Gasteiger partial charge in [0.2, 0.25) is 0 Å². The molecular formula is C23H48. The average Bonchev–Trinajstić information content (AvgIpc) is 2.49. The lowest BCUT2D eigenvalue weighted by atomic mass is 9.69. The van der Waals surface area contributed by atoms with Crippen molar-refractivity contribution < 1.29 is 0 Å². The first-order valence-corrected chi connectivity index (χ1v) is 10.9. The standard InChI is InChI=1S/C23H48/c1-8-11-17-22(23(6,7)19-20(4)10-3)18-14-12-13-16-21(5)15-9-2/h20-22H,8-19H2,1-7H3. The lowest BCUT2D eigenvalue weighted by molar-refractivity contribution is 0.139. The third-order valence-corrected chi connectivity index (χ3v) is 6.11. The van der Waals surface area contributed by atoms with E-state index in [4.69, 9.17) is 0 Å². The lowest BCUT2D eigenvalue weighted by Crippen LogP contribution is -2.26. The predicted molar refractivity (Wildman–Crippen MR) is 108 cm³/mol. The van der Waals surface area contributed by atoms with Crippen LogP contribution in [-0.4, -0.2) is 0 Å². The minimum Gasteiger partial charge on any atom is -0.0654 e. The highest BCUT2D eigenvalue weighted by atomic mass is 14.3. The molecule has 0 aromatic rings. The van der Waals surface area contributed by atoms with Gasteiger partial charge in [-0.1, -0.05) is 106 Å². The fourth-order valence-corrected chi connectivity index (χ4v) is 4.28. The van der Waals surface area contributed by atoms with E-state index in [1.807, 2.05) is 0 Å². The molecule has 0 aliphatic carbocycles. The summed E-state index contributed by atoms with van der Waals surface area (Å²) in [4.78, 5) is 0. The van der Waals surface area contributed by atoms with Crippen molar-refractivity contribution in [1.82, 2.24) is 0 Å². The van der Waals surface area contributed by atoms with Crippen molar-refractivity contribution in [2.24, 2.45) is 23.2 Å². The highest BCUT2D eigenvalue weighted by Crippen LogP contribution is 2.40. The van der Waals surface area contributed by atoms with Gasteiger partial charge in [-0.05, 0) is 42.4 Å². The monoisotopic (exact) mass is 324 g/mol. The Morgan fingerprint density at radius 1 is 0.652 bits per heavy atom. The highest BCUT2D eigenvalue weighted by Gasteiger charge is 2.29. The van der Waals surface area contributed by atoms with E-state index in [0.29, 0.717) is 5.41 Å². The maximum absolute atomic E-state index is 2.54. The van der Waals surface area contributed by atoms with Crippen molar-refractivity contribution in [3.8, 4) is 0 Å². The van der Waals surface area contributed by atoms with Crippen LogP contribution < -0.4 is 0 Å². The van der Waals surface area contributed by atoms with Crippen LogP contribution in [0.1, 0.15) is 126 Å². The molecule has 0 spiro atoms. The Balaban J connectivity index is 4.23. The second-order valence-corrected chi connectivity index (χ2v) is 9.08. The van der Waals surface area contributed by atoms with Crippen molar-refractivity contribution in [3.05, 3.63) is 0 Å². The number of rotatable bonds is 15. The summed E-state index contributed by atoms with van der Waals surface area (Å²) in [6, 6.07) is 0. The van der Waals surface area contributed by atoms with Crippen LogP contribution in [0, 0.1) is 23.2 Å². The molecule has 0 rings (SSSR count). The van der Waals surface area contributed by atoms with Crippen LogP contribution in [0.5, 0.6) is 0 Å². The molecule has 23 heavy (non-hydrogen) atoms. The topological polar surface area (TPSA) is 0 Å². The lowest BCUT2D eigenvalue weighted by Gasteiger charge is -2.37. The van der Waals surface area contributed by atoms with Crippen molar-refractivity contribution in [1.29, 1.82) is 0 Å². The zero-order chi connectivity index (χ0) is 17.7. The van der Waals surface area contributed by atoms with Crippen LogP contribution in [0.2, 0.25) is 0 Å². The molecule has 0 aliphatic heterocycles. The molecule has 0 heteroatoms. The molecule has 0 radical (unpaired) electrons. The Labute approximate surface area is 149 Å². The van der Waals surface area contributed by atoms with Crippen molar-refractivity contribution in [2.45, 2.75) is 126 Å². The Kier molecular flexibility index (Phi) is 13.3. The third kappa shape index (κ3) is 11.2. The van der Waals surface area contributed by atoms with Gasteiger partial charge >= 0.3 is 0 Å². The molecule has 0 N–H and O–H groups in total. The summed E-state index contributed by atoms with van der Waals surface area (Å²) < 4.78 is 0. The minimum atomic E-state index is 0.528. The highest BCUT2D eigenvalue weighted by molar-refractivity contribution is 4.80. The largest absolute Gasteiger partial charge is 0.0654 e. The van der Waals surface area contributed by atoms with E-state index >= 15 is 0 Å². The van der Waals surface area contributed by atoms with Gasteiger partial charge in [-0.3, -0.25) is 0 Å². The first-order chi connectivity index (χ1) is 10.9. The molecule has 0 aromatic carbocycles. The summed E-state index contributed by atoms with van der Waals surface area (Å²) in [6.07, 6.45) is 17.0. The van der Waals surface area contributed by atoms with Gasteiger partial charge in [0.15, 0.2) is 0 Å². The minimum absolute atomic E-state index is 0.528. The van der Waals surface area contributed by atoms with E-state index in [-0.39, 0.29) is 0 Å². The molecule has 140 valence electrons. The molecule has 0 saturated heterocycles. The normalized spacial score (nSPS) is 16.3. The maximum Gasteiger partial charge on any atom is -0.0323 e.